The molecule has 1 aromatic carbocycles. The number of anilines is 1. The zero-order valence-corrected chi connectivity index (χ0v) is 9.91. The standard InChI is InChI=1S/C13H11N5O/c14-9-7-8(4-5-11(9)19)12-16-13(18-17-12)10-3-1-2-6-15-10/h1-7,19H,14H2,(H,16,17,18). The molecule has 0 aliphatic rings. The van der Waals surface area contributed by atoms with Crippen molar-refractivity contribution in [2.45, 2.75) is 0 Å². The molecule has 0 saturated carbocycles. The summed E-state index contributed by atoms with van der Waals surface area (Å²) in [6, 6.07) is 10.4. The van der Waals surface area contributed by atoms with Gasteiger partial charge in [0.25, 0.3) is 0 Å². The van der Waals surface area contributed by atoms with Crippen LogP contribution in [-0.2, 0) is 0 Å². The zero-order valence-electron chi connectivity index (χ0n) is 9.91. The van der Waals surface area contributed by atoms with Crippen molar-refractivity contribution in [1.82, 2.24) is 20.2 Å². The van der Waals surface area contributed by atoms with Crippen LogP contribution < -0.4 is 5.73 Å². The molecule has 0 aliphatic carbocycles. The number of aromatic nitrogens is 4. The van der Waals surface area contributed by atoms with E-state index < -0.39 is 0 Å². The number of H-pyrrole nitrogens is 1. The summed E-state index contributed by atoms with van der Waals surface area (Å²) in [7, 11) is 0. The molecule has 0 atom stereocenters. The summed E-state index contributed by atoms with van der Waals surface area (Å²) in [6.45, 7) is 0. The summed E-state index contributed by atoms with van der Waals surface area (Å²) in [6.07, 6.45) is 1.69. The van der Waals surface area contributed by atoms with Crippen molar-refractivity contribution in [2.24, 2.45) is 0 Å². The summed E-state index contributed by atoms with van der Waals surface area (Å²) in [4.78, 5) is 8.54. The number of hydrogen-bond donors (Lipinski definition) is 3. The Morgan fingerprint density at radius 1 is 1.16 bits per heavy atom. The van der Waals surface area contributed by atoms with Crippen molar-refractivity contribution in [2.75, 3.05) is 5.73 Å². The fraction of sp³-hybridized carbons (Fsp3) is 0. The van der Waals surface area contributed by atoms with Crippen LogP contribution in [0.25, 0.3) is 22.9 Å². The Bertz CT molecular complexity index is 708. The maximum absolute atomic E-state index is 9.39. The van der Waals surface area contributed by atoms with Crippen LogP contribution in [0.15, 0.2) is 42.6 Å². The molecule has 6 heteroatoms. The second kappa shape index (κ2) is 4.41. The highest BCUT2D eigenvalue weighted by Crippen LogP contribution is 2.26. The average Bonchev–Trinajstić information content (AvgIpc) is 2.93. The highest BCUT2D eigenvalue weighted by Gasteiger charge is 2.09. The van der Waals surface area contributed by atoms with E-state index in [1.54, 1.807) is 18.3 Å². The van der Waals surface area contributed by atoms with Crippen LogP contribution in [-0.4, -0.2) is 25.3 Å². The number of benzene rings is 1. The first-order valence-corrected chi connectivity index (χ1v) is 5.67. The summed E-state index contributed by atoms with van der Waals surface area (Å²) < 4.78 is 0. The smallest absolute Gasteiger partial charge is 0.181 e. The van der Waals surface area contributed by atoms with Gasteiger partial charge in [-0.3, -0.25) is 10.1 Å². The molecule has 2 aromatic heterocycles. The van der Waals surface area contributed by atoms with E-state index in [4.69, 9.17) is 5.73 Å². The van der Waals surface area contributed by atoms with Crippen LogP contribution in [0.1, 0.15) is 0 Å². The van der Waals surface area contributed by atoms with Gasteiger partial charge < -0.3 is 10.8 Å². The number of nitrogens with zero attached hydrogens (tertiary/aromatic N) is 3. The molecule has 0 saturated heterocycles. The molecule has 94 valence electrons. The first kappa shape index (κ1) is 11.2. The van der Waals surface area contributed by atoms with Gasteiger partial charge in [-0.05, 0) is 30.3 Å². The lowest BCUT2D eigenvalue weighted by atomic mass is 10.2. The summed E-state index contributed by atoms with van der Waals surface area (Å²) in [5.74, 6) is 1.14. The van der Waals surface area contributed by atoms with Crippen LogP contribution in [0.2, 0.25) is 0 Å². The molecule has 0 fully saturated rings. The Hall–Kier alpha value is -2.89. The molecular weight excluding hydrogens is 242 g/mol. The third kappa shape index (κ3) is 2.11. The number of nitrogens with one attached hydrogen (secondary N) is 1. The molecule has 0 spiro atoms. The predicted octanol–water partition coefficient (Wildman–Crippen LogP) is 1.82. The van der Waals surface area contributed by atoms with Gasteiger partial charge >= 0.3 is 0 Å². The van der Waals surface area contributed by atoms with E-state index in [2.05, 4.69) is 20.2 Å². The van der Waals surface area contributed by atoms with Crippen LogP contribution >= 0.6 is 0 Å². The van der Waals surface area contributed by atoms with Gasteiger partial charge in [0.05, 0.1) is 5.69 Å². The Morgan fingerprint density at radius 3 is 2.79 bits per heavy atom. The fourth-order valence-electron chi connectivity index (χ4n) is 1.70. The van der Waals surface area contributed by atoms with Gasteiger partial charge in [0, 0.05) is 11.8 Å². The highest BCUT2D eigenvalue weighted by atomic mass is 16.3. The lowest BCUT2D eigenvalue weighted by molar-refractivity contribution is 0.478. The Morgan fingerprint density at radius 2 is 2.05 bits per heavy atom. The van der Waals surface area contributed by atoms with Gasteiger partial charge in [-0.2, -0.15) is 5.10 Å². The number of aromatic hydroxyl groups is 1. The number of aromatic amines is 1. The number of phenols is 1. The number of nitrogens with two attached hydrogens (primary N) is 1. The first-order valence-electron chi connectivity index (χ1n) is 5.67. The third-order valence-corrected chi connectivity index (χ3v) is 2.68. The molecule has 0 radical (unpaired) electrons. The molecule has 0 amide bonds. The van der Waals surface area contributed by atoms with E-state index in [1.807, 2.05) is 18.2 Å². The molecule has 0 unspecified atom stereocenters. The predicted molar refractivity (Wildman–Crippen MR) is 71.1 cm³/mol. The number of hydrogen-bond acceptors (Lipinski definition) is 5. The van der Waals surface area contributed by atoms with Crippen LogP contribution in [0.4, 0.5) is 5.69 Å². The van der Waals surface area contributed by atoms with E-state index in [0.29, 0.717) is 23.0 Å². The number of phenolic OH excluding ortho intramolecular Hbond substituents is 1. The third-order valence-electron chi connectivity index (χ3n) is 2.68. The molecule has 3 rings (SSSR count). The quantitative estimate of drug-likeness (QED) is 0.477. The Balaban J connectivity index is 1.99. The molecule has 6 nitrogen and oxygen atoms in total. The zero-order chi connectivity index (χ0) is 13.2. The van der Waals surface area contributed by atoms with Crippen molar-refractivity contribution in [1.29, 1.82) is 0 Å². The maximum atomic E-state index is 9.39. The van der Waals surface area contributed by atoms with E-state index >= 15 is 0 Å². The molecule has 0 bridgehead atoms. The average molecular weight is 253 g/mol. The van der Waals surface area contributed by atoms with Gasteiger partial charge in [0.1, 0.15) is 11.4 Å². The first-order chi connectivity index (χ1) is 9.24. The minimum atomic E-state index is 0.0456. The Labute approximate surface area is 109 Å². The second-order valence-corrected chi connectivity index (χ2v) is 4.00. The molecule has 3 aromatic rings. The summed E-state index contributed by atoms with van der Waals surface area (Å²) in [5.41, 5.74) is 7.39. The molecule has 19 heavy (non-hydrogen) atoms. The fourth-order valence-corrected chi connectivity index (χ4v) is 1.70. The normalized spacial score (nSPS) is 10.5. The van der Waals surface area contributed by atoms with Gasteiger partial charge in [-0.1, -0.05) is 6.07 Å². The van der Waals surface area contributed by atoms with Crippen molar-refractivity contribution in [3.05, 3.63) is 42.6 Å². The van der Waals surface area contributed by atoms with Crippen LogP contribution in [0, 0.1) is 0 Å². The summed E-state index contributed by atoms with van der Waals surface area (Å²) >= 11 is 0. The van der Waals surface area contributed by atoms with Crippen molar-refractivity contribution in [3.63, 3.8) is 0 Å². The molecular formula is C13H11N5O. The topological polar surface area (TPSA) is 101 Å². The van der Waals surface area contributed by atoms with Gasteiger partial charge in [-0.25, -0.2) is 4.98 Å². The van der Waals surface area contributed by atoms with E-state index in [1.165, 1.54) is 6.07 Å². The lowest BCUT2D eigenvalue weighted by Gasteiger charge is -1.99. The number of nitrogen functional groups attached to an aromatic ring is 1. The maximum Gasteiger partial charge on any atom is 0.181 e. The number of pyridine rings is 1. The minimum absolute atomic E-state index is 0.0456. The van der Waals surface area contributed by atoms with E-state index in [-0.39, 0.29) is 5.75 Å². The minimum Gasteiger partial charge on any atom is -0.506 e. The van der Waals surface area contributed by atoms with Crippen LogP contribution in [0.5, 0.6) is 5.75 Å². The van der Waals surface area contributed by atoms with Crippen molar-refractivity contribution < 1.29 is 5.11 Å². The molecule has 4 N–H and O–H groups in total. The lowest BCUT2D eigenvalue weighted by Crippen LogP contribution is -1.88. The van der Waals surface area contributed by atoms with Crippen molar-refractivity contribution in [3.8, 4) is 28.7 Å². The molecule has 0 aliphatic heterocycles. The summed E-state index contributed by atoms with van der Waals surface area (Å²) in [5, 5.41) is 16.3. The van der Waals surface area contributed by atoms with Gasteiger partial charge in [0.2, 0.25) is 0 Å². The van der Waals surface area contributed by atoms with Crippen LogP contribution in [0.3, 0.4) is 0 Å². The van der Waals surface area contributed by atoms with E-state index in [0.717, 1.165) is 5.56 Å². The van der Waals surface area contributed by atoms with Crippen molar-refractivity contribution >= 4 is 5.69 Å². The monoisotopic (exact) mass is 253 g/mol. The Kier molecular flexibility index (Phi) is 2.60. The largest absolute Gasteiger partial charge is 0.506 e. The van der Waals surface area contributed by atoms with Gasteiger partial charge in [-0.15, -0.1) is 0 Å². The second-order valence-electron chi connectivity index (χ2n) is 4.00. The van der Waals surface area contributed by atoms with E-state index in [9.17, 15) is 5.11 Å². The highest BCUT2D eigenvalue weighted by molar-refractivity contribution is 5.66. The SMILES string of the molecule is Nc1cc(-c2n[nH]c(-c3ccccn3)n2)ccc1O. The molecule has 2 heterocycles. The van der Waals surface area contributed by atoms with Gasteiger partial charge in [0.15, 0.2) is 11.6 Å². The number of rotatable bonds is 2.